The van der Waals surface area contributed by atoms with Gasteiger partial charge in [0.2, 0.25) is 0 Å². The summed E-state index contributed by atoms with van der Waals surface area (Å²) in [4.78, 5) is 0. The van der Waals surface area contributed by atoms with Gasteiger partial charge in [0.1, 0.15) is 65.0 Å². The van der Waals surface area contributed by atoms with E-state index < -0.39 is 107 Å². The molecule has 0 saturated carbocycles. The van der Waals surface area contributed by atoms with E-state index in [1.807, 2.05) is 0 Å². The standard InChI is InChI=1S/C36H36O16/c1-12-29(45)31(47)32(48)36(49-12)51-25-10-16-19(40)11-23(44)27(35(16)52-33(25)13-2-4-17(38)20(41)6-13)28-26-22(43)8-15(37)9-24(26)50-34(30(28)46)14-3-5-18(39)21(42)7-14/h2-9,11-12,25,28-34,36-48H,10H2,1H3/t12-,25-,28+,29+,30+,31-,32+,33-,34+,36-/m0/s1. The van der Waals surface area contributed by atoms with Crippen LogP contribution in [-0.4, -0.2) is 104 Å². The van der Waals surface area contributed by atoms with Crippen LogP contribution in [0.4, 0.5) is 0 Å². The molecular weight excluding hydrogens is 688 g/mol. The second-order valence-corrected chi connectivity index (χ2v) is 13.1. The number of hydrogen-bond acceptors (Lipinski definition) is 16. The van der Waals surface area contributed by atoms with Crippen molar-refractivity contribution >= 4 is 0 Å². The second-order valence-electron chi connectivity index (χ2n) is 13.1. The molecule has 7 rings (SSSR count). The molecule has 1 fully saturated rings. The Balaban J connectivity index is 1.38. The van der Waals surface area contributed by atoms with Gasteiger partial charge in [-0.3, -0.25) is 0 Å². The molecule has 0 amide bonds. The van der Waals surface area contributed by atoms with Crippen LogP contribution < -0.4 is 9.47 Å². The largest absolute Gasteiger partial charge is 0.508 e. The van der Waals surface area contributed by atoms with Crippen LogP contribution >= 0.6 is 0 Å². The van der Waals surface area contributed by atoms with Crippen molar-refractivity contribution < 1.29 is 80.2 Å². The molecule has 0 spiro atoms. The topological polar surface area (TPSA) is 280 Å². The molecule has 0 unspecified atom stereocenters. The number of aromatic hydroxyl groups is 8. The lowest BCUT2D eigenvalue weighted by Crippen LogP contribution is -2.58. The maximum absolute atomic E-state index is 12.0. The first-order valence-corrected chi connectivity index (χ1v) is 16.2. The number of phenolic OH excluding ortho intramolecular Hbond substituents is 8. The van der Waals surface area contributed by atoms with Crippen molar-refractivity contribution in [3.8, 4) is 57.5 Å². The third-order valence-corrected chi connectivity index (χ3v) is 9.77. The fourth-order valence-corrected chi connectivity index (χ4v) is 7.11. The molecule has 16 heteroatoms. The number of phenols is 8. The molecule has 4 aromatic carbocycles. The summed E-state index contributed by atoms with van der Waals surface area (Å²) in [6, 6.07) is 10.6. The van der Waals surface area contributed by atoms with Crippen molar-refractivity contribution in [3.05, 3.63) is 82.4 Å². The van der Waals surface area contributed by atoms with Crippen molar-refractivity contribution in [2.75, 3.05) is 0 Å². The monoisotopic (exact) mass is 724 g/mol. The molecule has 276 valence electrons. The highest BCUT2D eigenvalue weighted by Crippen LogP contribution is 2.57. The first-order chi connectivity index (χ1) is 24.6. The molecule has 3 aliphatic rings. The Hall–Kier alpha value is -5.36. The molecule has 0 bridgehead atoms. The summed E-state index contributed by atoms with van der Waals surface area (Å²) in [5.74, 6) is -5.75. The quantitative estimate of drug-likeness (QED) is 0.131. The summed E-state index contributed by atoms with van der Waals surface area (Å²) in [5.41, 5.74) is 0.123. The molecule has 3 aliphatic heterocycles. The fraction of sp³-hybridized carbons (Fsp3) is 0.333. The molecule has 0 aromatic heterocycles. The number of hydrogen-bond donors (Lipinski definition) is 12. The summed E-state index contributed by atoms with van der Waals surface area (Å²) in [6.07, 6.45) is -13.0. The summed E-state index contributed by atoms with van der Waals surface area (Å²) in [7, 11) is 0. The molecule has 12 N–H and O–H groups in total. The van der Waals surface area contributed by atoms with Crippen LogP contribution in [0, 0.1) is 0 Å². The van der Waals surface area contributed by atoms with Gasteiger partial charge in [-0.2, -0.15) is 0 Å². The Morgan fingerprint density at radius 2 is 1.19 bits per heavy atom. The average Bonchev–Trinajstić information content (AvgIpc) is 3.09. The molecule has 0 aliphatic carbocycles. The Morgan fingerprint density at radius 1 is 0.577 bits per heavy atom. The third kappa shape index (κ3) is 5.84. The smallest absolute Gasteiger partial charge is 0.187 e. The minimum Gasteiger partial charge on any atom is -0.508 e. The summed E-state index contributed by atoms with van der Waals surface area (Å²) >= 11 is 0. The molecule has 52 heavy (non-hydrogen) atoms. The van der Waals surface area contributed by atoms with Gasteiger partial charge in [0.25, 0.3) is 0 Å². The lowest BCUT2D eigenvalue weighted by molar-refractivity contribution is -0.310. The van der Waals surface area contributed by atoms with Gasteiger partial charge >= 0.3 is 0 Å². The van der Waals surface area contributed by atoms with Crippen LogP contribution in [0.2, 0.25) is 0 Å². The van der Waals surface area contributed by atoms with E-state index in [2.05, 4.69) is 0 Å². The SMILES string of the molecule is C[C@@H]1O[C@@H](O[C@H]2Cc3c(O)cc(O)c([C@H]4c5c(O)cc(O)cc5O[C@H](c5ccc(O)c(O)c5)[C@@H]4O)c3O[C@H]2c2ccc(O)c(O)c2)[C@H](O)[C@@H](O)[C@@H]1O. The predicted octanol–water partition coefficient (Wildman–Crippen LogP) is 1.85. The van der Waals surface area contributed by atoms with E-state index >= 15 is 0 Å². The zero-order chi connectivity index (χ0) is 37.3. The highest BCUT2D eigenvalue weighted by Gasteiger charge is 2.49. The van der Waals surface area contributed by atoms with Crippen molar-refractivity contribution in [2.24, 2.45) is 0 Å². The van der Waals surface area contributed by atoms with E-state index in [1.54, 1.807) is 0 Å². The summed E-state index contributed by atoms with van der Waals surface area (Å²) in [5, 5.41) is 128. The van der Waals surface area contributed by atoms with E-state index in [0.717, 1.165) is 18.2 Å². The van der Waals surface area contributed by atoms with E-state index in [1.165, 1.54) is 43.3 Å². The van der Waals surface area contributed by atoms with Crippen LogP contribution in [0.25, 0.3) is 0 Å². The Bertz CT molecular complexity index is 2020. The van der Waals surface area contributed by atoms with Gasteiger partial charge in [0.05, 0.1) is 12.0 Å². The highest BCUT2D eigenvalue weighted by molar-refractivity contribution is 5.66. The number of aliphatic hydroxyl groups is 4. The second kappa shape index (κ2) is 13.0. The van der Waals surface area contributed by atoms with Gasteiger partial charge in [0.15, 0.2) is 41.5 Å². The van der Waals surface area contributed by atoms with Gasteiger partial charge in [-0.05, 0) is 42.3 Å². The van der Waals surface area contributed by atoms with E-state index in [0.29, 0.717) is 0 Å². The van der Waals surface area contributed by atoms with E-state index in [4.69, 9.17) is 18.9 Å². The Morgan fingerprint density at radius 3 is 1.83 bits per heavy atom. The highest BCUT2D eigenvalue weighted by atomic mass is 16.7. The van der Waals surface area contributed by atoms with Gasteiger partial charge in [0, 0.05) is 41.3 Å². The van der Waals surface area contributed by atoms with Crippen molar-refractivity contribution in [2.45, 2.75) is 74.4 Å². The van der Waals surface area contributed by atoms with E-state index in [-0.39, 0.29) is 45.7 Å². The molecule has 1 saturated heterocycles. The number of ether oxygens (including phenoxy) is 4. The number of benzene rings is 4. The Labute approximate surface area is 294 Å². The Kier molecular flexibility index (Phi) is 8.77. The maximum Gasteiger partial charge on any atom is 0.187 e. The number of fused-ring (bicyclic) bond motifs is 2. The van der Waals surface area contributed by atoms with Gasteiger partial charge in [-0.1, -0.05) is 12.1 Å². The van der Waals surface area contributed by atoms with Crippen molar-refractivity contribution in [1.29, 1.82) is 0 Å². The predicted molar refractivity (Wildman–Crippen MR) is 175 cm³/mol. The summed E-state index contributed by atoms with van der Waals surface area (Å²) in [6.45, 7) is 1.46. The van der Waals surface area contributed by atoms with Gasteiger partial charge in [-0.25, -0.2) is 0 Å². The first kappa shape index (κ1) is 35.1. The minimum absolute atomic E-state index is 0.0216. The molecule has 10 atom stereocenters. The molecule has 0 radical (unpaired) electrons. The average molecular weight is 725 g/mol. The van der Waals surface area contributed by atoms with Crippen LogP contribution in [-0.2, 0) is 15.9 Å². The zero-order valence-electron chi connectivity index (χ0n) is 27.2. The van der Waals surface area contributed by atoms with Gasteiger partial charge in [-0.15, -0.1) is 0 Å². The fourth-order valence-electron chi connectivity index (χ4n) is 7.11. The van der Waals surface area contributed by atoms with Crippen LogP contribution in [0.3, 0.4) is 0 Å². The third-order valence-electron chi connectivity index (χ3n) is 9.77. The molecule has 16 nitrogen and oxygen atoms in total. The maximum atomic E-state index is 12.0. The first-order valence-electron chi connectivity index (χ1n) is 16.2. The zero-order valence-corrected chi connectivity index (χ0v) is 27.2. The van der Waals surface area contributed by atoms with Crippen LogP contribution in [0.5, 0.6) is 57.5 Å². The molecule has 3 heterocycles. The lowest BCUT2D eigenvalue weighted by Gasteiger charge is -2.43. The lowest BCUT2D eigenvalue weighted by atomic mass is 9.77. The summed E-state index contributed by atoms with van der Waals surface area (Å²) < 4.78 is 24.3. The van der Waals surface area contributed by atoms with Crippen molar-refractivity contribution in [3.63, 3.8) is 0 Å². The van der Waals surface area contributed by atoms with Crippen LogP contribution in [0.1, 0.15) is 52.9 Å². The van der Waals surface area contributed by atoms with Crippen molar-refractivity contribution in [1.82, 2.24) is 0 Å². The number of aliphatic hydroxyl groups excluding tert-OH is 4. The van der Waals surface area contributed by atoms with Gasteiger partial charge < -0.3 is 80.2 Å². The normalized spacial score (nSPS) is 29.7. The molecular formula is C36H36O16. The minimum atomic E-state index is -1.73. The molecule has 4 aromatic rings. The number of rotatable bonds is 5. The van der Waals surface area contributed by atoms with E-state index in [9.17, 15) is 61.3 Å². The van der Waals surface area contributed by atoms with Crippen LogP contribution in [0.15, 0.2) is 54.6 Å².